The van der Waals surface area contributed by atoms with Crippen LogP contribution in [0.5, 0.6) is 5.75 Å². The van der Waals surface area contributed by atoms with Crippen molar-refractivity contribution in [1.29, 1.82) is 0 Å². The van der Waals surface area contributed by atoms with Gasteiger partial charge in [0.2, 0.25) is 0 Å². The second kappa shape index (κ2) is 7.31. The quantitative estimate of drug-likeness (QED) is 0.849. The molecule has 0 radical (unpaired) electrons. The number of rotatable bonds is 5. The number of hydrogen-bond donors (Lipinski definition) is 1. The van der Waals surface area contributed by atoms with Crippen LogP contribution in [0.4, 0.5) is 0 Å². The van der Waals surface area contributed by atoms with E-state index in [1.54, 1.807) is 4.90 Å². The normalized spacial score (nSPS) is 10.8. The molecule has 0 saturated heterocycles. The molecule has 0 atom stereocenters. The van der Waals surface area contributed by atoms with E-state index in [2.05, 4.69) is 0 Å². The number of nitrogens with zero attached hydrogens (tertiary/aromatic N) is 1. The van der Waals surface area contributed by atoms with E-state index in [1.807, 2.05) is 27.7 Å². The Bertz CT molecular complexity index is 520. The van der Waals surface area contributed by atoms with Crippen LogP contribution in [0.2, 0.25) is 5.02 Å². The minimum atomic E-state index is -0.782. The molecule has 0 aliphatic carbocycles. The number of hydrogen-bond acceptors (Lipinski definition) is 4. The molecule has 1 N–H and O–H groups in total. The third-order valence-electron chi connectivity index (χ3n) is 2.91. The topological polar surface area (TPSA) is 66.8 Å². The van der Waals surface area contributed by atoms with E-state index >= 15 is 0 Å². The number of esters is 1. The minimum Gasteiger partial charge on any atom is -0.507 e. The third-order valence-corrected chi connectivity index (χ3v) is 3.14. The van der Waals surface area contributed by atoms with Crippen LogP contribution in [0.25, 0.3) is 0 Å². The molecule has 0 aromatic heterocycles. The number of halogens is 1. The summed E-state index contributed by atoms with van der Waals surface area (Å²) in [6, 6.07) is 4.08. The Morgan fingerprint density at radius 3 is 2.33 bits per heavy atom. The molecule has 0 unspecified atom stereocenters. The van der Waals surface area contributed by atoms with E-state index in [4.69, 9.17) is 16.3 Å². The Hall–Kier alpha value is -1.75. The molecule has 0 heterocycles. The molecule has 21 heavy (non-hydrogen) atoms. The van der Waals surface area contributed by atoms with E-state index < -0.39 is 5.97 Å². The molecule has 1 rings (SSSR count). The van der Waals surface area contributed by atoms with Crippen molar-refractivity contribution >= 4 is 23.5 Å². The van der Waals surface area contributed by atoms with Gasteiger partial charge in [0.25, 0.3) is 5.91 Å². The van der Waals surface area contributed by atoms with Gasteiger partial charge in [0.1, 0.15) is 11.3 Å². The van der Waals surface area contributed by atoms with Gasteiger partial charge >= 0.3 is 5.97 Å². The summed E-state index contributed by atoms with van der Waals surface area (Å²) in [5, 5.41) is 9.90. The smallest absolute Gasteiger partial charge is 0.342 e. The lowest BCUT2D eigenvalue weighted by atomic mass is 10.2. The van der Waals surface area contributed by atoms with Crippen LogP contribution in [0.15, 0.2) is 18.2 Å². The number of carbonyl (C=O) groups is 2. The molecule has 1 aromatic carbocycles. The number of phenolic OH excluding ortho intramolecular Hbond substituents is 1. The monoisotopic (exact) mass is 313 g/mol. The largest absolute Gasteiger partial charge is 0.507 e. The number of benzene rings is 1. The lowest BCUT2D eigenvalue weighted by Crippen LogP contribution is -2.44. The van der Waals surface area contributed by atoms with Crippen molar-refractivity contribution in [3.8, 4) is 5.75 Å². The molecule has 0 aliphatic rings. The summed E-state index contributed by atoms with van der Waals surface area (Å²) in [6.07, 6.45) is 0. The Morgan fingerprint density at radius 2 is 1.81 bits per heavy atom. The van der Waals surface area contributed by atoms with Crippen LogP contribution in [0.1, 0.15) is 38.1 Å². The Labute approximate surface area is 129 Å². The molecule has 0 fully saturated rings. The van der Waals surface area contributed by atoms with Gasteiger partial charge in [-0.2, -0.15) is 0 Å². The number of aromatic hydroxyl groups is 1. The predicted octanol–water partition coefficient (Wildman–Crippen LogP) is 2.85. The number of ether oxygens (including phenoxy) is 1. The van der Waals surface area contributed by atoms with Gasteiger partial charge in [0.15, 0.2) is 6.61 Å². The first-order chi connectivity index (χ1) is 9.73. The SMILES string of the molecule is CC(C)N(C(=O)COC(=O)c1cc(Cl)ccc1O)C(C)C. The number of amides is 1. The van der Waals surface area contributed by atoms with Crippen molar-refractivity contribution in [3.05, 3.63) is 28.8 Å². The highest BCUT2D eigenvalue weighted by molar-refractivity contribution is 6.31. The molecule has 0 saturated carbocycles. The second-order valence-corrected chi connectivity index (χ2v) is 5.66. The first kappa shape index (κ1) is 17.3. The first-order valence-electron chi connectivity index (χ1n) is 6.70. The van der Waals surface area contributed by atoms with Crippen molar-refractivity contribution in [3.63, 3.8) is 0 Å². The summed E-state index contributed by atoms with van der Waals surface area (Å²) in [7, 11) is 0. The van der Waals surface area contributed by atoms with Gasteiger partial charge < -0.3 is 14.7 Å². The third kappa shape index (κ3) is 4.63. The minimum absolute atomic E-state index is 0.00998. The van der Waals surface area contributed by atoms with Crippen molar-refractivity contribution in [2.75, 3.05) is 6.61 Å². The maximum atomic E-state index is 12.1. The standard InChI is InChI=1S/C15H20ClNO4/c1-9(2)17(10(3)4)14(19)8-21-15(20)12-7-11(16)5-6-13(12)18/h5-7,9-10,18H,8H2,1-4H3. The molecule has 0 bridgehead atoms. The zero-order valence-electron chi connectivity index (χ0n) is 12.6. The Balaban J connectivity index is 2.72. The fourth-order valence-electron chi connectivity index (χ4n) is 2.12. The molecule has 1 amide bonds. The molecule has 0 aliphatic heterocycles. The summed E-state index contributed by atoms with van der Waals surface area (Å²) in [6.45, 7) is 7.19. The van der Waals surface area contributed by atoms with Crippen molar-refractivity contribution < 1.29 is 19.4 Å². The van der Waals surface area contributed by atoms with Gasteiger partial charge in [-0.1, -0.05) is 11.6 Å². The molecule has 116 valence electrons. The average Bonchev–Trinajstić information content (AvgIpc) is 2.38. The average molecular weight is 314 g/mol. The Morgan fingerprint density at radius 1 is 1.24 bits per heavy atom. The van der Waals surface area contributed by atoms with E-state index in [1.165, 1.54) is 18.2 Å². The summed E-state index contributed by atoms with van der Waals surface area (Å²) in [5.74, 6) is -1.30. The molecular formula is C15H20ClNO4. The van der Waals surface area contributed by atoms with Crippen LogP contribution < -0.4 is 0 Å². The second-order valence-electron chi connectivity index (χ2n) is 5.23. The first-order valence-corrected chi connectivity index (χ1v) is 7.08. The maximum absolute atomic E-state index is 12.1. The van der Waals surface area contributed by atoms with Gasteiger partial charge in [0.05, 0.1) is 0 Å². The van der Waals surface area contributed by atoms with E-state index in [-0.39, 0.29) is 35.9 Å². The van der Waals surface area contributed by atoms with Crippen molar-refractivity contribution in [1.82, 2.24) is 4.90 Å². The van der Waals surface area contributed by atoms with Gasteiger partial charge in [-0.05, 0) is 45.9 Å². The van der Waals surface area contributed by atoms with E-state index in [0.717, 1.165) is 0 Å². The highest BCUT2D eigenvalue weighted by atomic mass is 35.5. The lowest BCUT2D eigenvalue weighted by Gasteiger charge is -2.30. The van der Waals surface area contributed by atoms with E-state index in [0.29, 0.717) is 5.02 Å². The highest BCUT2D eigenvalue weighted by Crippen LogP contribution is 2.22. The van der Waals surface area contributed by atoms with Crippen LogP contribution >= 0.6 is 11.6 Å². The zero-order chi connectivity index (χ0) is 16.2. The fraction of sp³-hybridized carbons (Fsp3) is 0.467. The summed E-state index contributed by atoms with van der Waals surface area (Å²) in [4.78, 5) is 25.6. The summed E-state index contributed by atoms with van der Waals surface area (Å²) >= 11 is 5.76. The van der Waals surface area contributed by atoms with Gasteiger partial charge in [-0.15, -0.1) is 0 Å². The van der Waals surface area contributed by atoms with Gasteiger partial charge in [-0.25, -0.2) is 4.79 Å². The maximum Gasteiger partial charge on any atom is 0.342 e. The van der Waals surface area contributed by atoms with Crippen LogP contribution in [0, 0.1) is 0 Å². The molecule has 0 spiro atoms. The predicted molar refractivity (Wildman–Crippen MR) is 80.5 cm³/mol. The highest BCUT2D eigenvalue weighted by Gasteiger charge is 2.22. The number of phenols is 1. The summed E-state index contributed by atoms with van der Waals surface area (Å²) in [5.41, 5.74) is -0.0593. The summed E-state index contributed by atoms with van der Waals surface area (Å²) < 4.78 is 4.96. The number of carbonyl (C=O) groups excluding carboxylic acids is 2. The van der Waals surface area contributed by atoms with Gasteiger partial charge in [0, 0.05) is 17.1 Å². The molecular weight excluding hydrogens is 294 g/mol. The lowest BCUT2D eigenvalue weighted by molar-refractivity contribution is -0.138. The molecule has 1 aromatic rings. The zero-order valence-corrected chi connectivity index (χ0v) is 13.3. The van der Waals surface area contributed by atoms with Crippen LogP contribution in [0.3, 0.4) is 0 Å². The fourth-order valence-corrected chi connectivity index (χ4v) is 2.30. The molecule has 6 heteroatoms. The molecule has 5 nitrogen and oxygen atoms in total. The van der Waals surface area contributed by atoms with Crippen LogP contribution in [-0.2, 0) is 9.53 Å². The van der Waals surface area contributed by atoms with Gasteiger partial charge in [-0.3, -0.25) is 4.79 Å². The van der Waals surface area contributed by atoms with Crippen LogP contribution in [-0.4, -0.2) is 40.6 Å². The Kier molecular flexibility index (Phi) is 6.03. The van der Waals surface area contributed by atoms with E-state index in [9.17, 15) is 14.7 Å². The van der Waals surface area contributed by atoms with Crippen molar-refractivity contribution in [2.45, 2.75) is 39.8 Å². The van der Waals surface area contributed by atoms with Crippen molar-refractivity contribution in [2.24, 2.45) is 0 Å².